The van der Waals surface area contributed by atoms with Crippen LogP contribution in [0.1, 0.15) is 25.7 Å². The minimum Gasteiger partial charge on any atom is -0.491 e. The quantitative estimate of drug-likeness (QED) is 0.738. The van der Waals surface area contributed by atoms with E-state index in [0.29, 0.717) is 50.4 Å². The maximum absolute atomic E-state index is 13.0. The second-order valence-corrected chi connectivity index (χ2v) is 7.86. The maximum Gasteiger partial charge on any atom is 0.270 e. The molecule has 0 aliphatic carbocycles. The molecule has 3 heterocycles. The molecule has 9 nitrogen and oxygen atoms in total. The highest BCUT2D eigenvalue weighted by atomic mass is 19.1. The van der Waals surface area contributed by atoms with Crippen LogP contribution in [0, 0.1) is 5.82 Å². The van der Waals surface area contributed by atoms with Gasteiger partial charge in [0, 0.05) is 32.0 Å². The molecule has 3 amide bonds. The van der Waals surface area contributed by atoms with Crippen LogP contribution in [0.4, 0.5) is 4.39 Å². The first kappa shape index (κ1) is 21.2. The molecule has 0 saturated carbocycles. The molecule has 1 atom stereocenters. The molecule has 166 valence electrons. The van der Waals surface area contributed by atoms with Crippen molar-refractivity contribution < 1.29 is 28.2 Å². The highest BCUT2D eigenvalue weighted by molar-refractivity contribution is 6.39. The standard InChI is InChI=1S/C21H25FN4O5/c22-14-1-3-16(4-2-14)30-12-17-11-26(20(28)13-31-17)15-7-9-25(10-8-15)21(29)18-5-6-19(27)24-23-18/h1-4,15,17H,5-13H2,(H,24,27). The molecule has 2 saturated heterocycles. The molecule has 3 aliphatic heterocycles. The number of benzene rings is 1. The first-order valence-corrected chi connectivity index (χ1v) is 10.4. The van der Waals surface area contributed by atoms with Gasteiger partial charge >= 0.3 is 0 Å². The Morgan fingerprint density at radius 2 is 1.94 bits per heavy atom. The molecule has 0 bridgehead atoms. The number of carbonyl (C=O) groups excluding carboxylic acids is 3. The molecular weight excluding hydrogens is 407 g/mol. The Morgan fingerprint density at radius 3 is 2.61 bits per heavy atom. The van der Waals surface area contributed by atoms with E-state index in [4.69, 9.17) is 9.47 Å². The SMILES string of the molecule is O=C1CCC(C(=O)N2CCC(N3CC(COc4ccc(F)cc4)OCC3=O)CC2)=NN1. The molecule has 31 heavy (non-hydrogen) atoms. The van der Waals surface area contributed by atoms with Gasteiger partial charge in [-0.25, -0.2) is 9.82 Å². The summed E-state index contributed by atoms with van der Waals surface area (Å²) < 4.78 is 24.3. The normalized spacial score (nSPS) is 22.7. The summed E-state index contributed by atoms with van der Waals surface area (Å²) in [6, 6.07) is 5.79. The molecular formula is C21H25FN4O5. The molecule has 4 rings (SSSR count). The fourth-order valence-corrected chi connectivity index (χ4v) is 4.01. The summed E-state index contributed by atoms with van der Waals surface area (Å²) in [6.45, 7) is 1.72. The number of piperidine rings is 1. The number of nitrogens with zero attached hydrogens (tertiary/aromatic N) is 3. The second kappa shape index (κ2) is 9.42. The number of hydrazone groups is 1. The monoisotopic (exact) mass is 432 g/mol. The van der Waals surface area contributed by atoms with Crippen molar-refractivity contribution >= 4 is 23.4 Å². The number of morpholine rings is 1. The summed E-state index contributed by atoms with van der Waals surface area (Å²) in [5, 5.41) is 3.88. The van der Waals surface area contributed by atoms with Crippen molar-refractivity contribution in [3.8, 4) is 5.75 Å². The first-order chi connectivity index (χ1) is 15.0. The van der Waals surface area contributed by atoms with Crippen LogP contribution in [0.25, 0.3) is 0 Å². The highest BCUT2D eigenvalue weighted by Crippen LogP contribution is 2.22. The Kier molecular flexibility index (Phi) is 6.45. The van der Waals surface area contributed by atoms with Crippen LogP contribution in [-0.2, 0) is 19.1 Å². The molecule has 0 radical (unpaired) electrons. The van der Waals surface area contributed by atoms with Crippen LogP contribution >= 0.6 is 0 Å². The molecule has 1 aromatic rings. The lowest BCUT2D eigenvalue weighted by molar-refractivity contribution is -0.155. The van der Waals surface area contributed by atoms with E-state index in [1.165, 1.54) is 12.1 Å². The van der Waals surface area contributed by atoms with Gasteiger partial charge < -0.3 is 19.3 Å². The number of hydrogen-bond donors (Lipinski definition) is 1. The van der Waals surface area contributed by atoms with E-state index in [2.05, 4.69) is 10.5 Å². The van der Waals surface area contributed by atoms with E-state index >= 15 is 0 Å². The molecule has 1 unspecified atom stereocenters. The lowest BCUT2D eigenvalue weighted by Crippen LogP contribution is -2.56. The topological polar surface area (TPSA) is 101 Å². The predicted molar refractivity (Wildman–Crippen MR) is 108 cm³/mol. The van der Waals surface area contributed by atoms with Gasteiger partial charge in [-0.1, -0.05) is 0 Å². The van der Waals surface area contributed by atoms with Gasteiger partial charge in [0.05, 0.1) is 6.54 Å². The fourth-order valence-electron chi connectivity index (χ4n) is 4.01. The zero-order valence-corrected chi connectivity index (χ0v) is 17.1. The summed E-state index contributed by atoms with van der Waals surface area (Å²) in [6.07, 6.45) is 1.68. The number of ether oxygens (including phenoxy) is 2. The van der Waals surface area contributed by atoms with Crippen LogP contribution in [0.3, 0.4) is 0 Å². The van der Waals surface area contributed by atoms with Crippen molar-refractivity contribution in [1.82, 2.24) is 15.2 Å². The Labute approximate surface area is 179 Å². The van der Waals surface area contributed by atoms with Crippen molar-refractivity contribution in [3.63, 3.8) is 0 Å². The number of nitrogens with one attached hydrogen (secondary N) is 1. The molecule has 1 N–H and O–H groups in total. The number of hydrogen-bond acceptors (Lipinski definition) is 6. The van der Waals surface area contributed by atoms with Gasteiger partial charge in [-0.05, 0) is 37.1 Å². The van der Waals surface area contributed by atoms with Crippen LogP contribution in [0.2, 0.25) is 0 Å². The van der Waals surface area contributed by atoms with E-state index in [0.717, 1.165) is 0 Å². The zero-order chi connectivity index (χ0) is 21.8. The van der Waals surface area contributed by atoms with Crippen LogP contribution in [0.5, 0.6) is 5.75 Å². The lowest BCUT2D eigenvalue weighted by Gasteiger charge is -2.42. The Balaban J connectivity index is 1.28. The molecule has 3 aliphatic rings. The van der Waals surface area contributed by atoms with Gasteiger partial charge in [-0.3, -0.25) is 14.4 Å². The highest BCUT2D eigenvalue weighted by Gasteiger charge is 2.35. The van der Waals surface area contributed by atoms with Crippen molar-refractivity contribution in [3.05, 3.63) is 30.1 Å². The average molecular weight is 432 g/mol. The third kappa shape index (κ3) is 5.19. The van der Waals surface area contributed by atoms with Gasteiger partial charge in [-0.2, -0.15) is 5.10 Å². The molecule has 1 aromatic carbocycles. The summed E-state index contributed by atoms with van der Waals surface area (Å²) in [5.74, 6) is -0.191. The van der Waals surface area contributed by atoms with Gasteiger partial charge in [0.2, 0.25) is 11.8 Å². The number of amides is 3. The smallest absolute Gasteiger partial charge is 0.270 e. The Morgan fingerprint density at radius 1 is 1.19 bits per heavy atom. The second-order valence-electron chi connectivity index (χ2n) is 7.86. The van der Waals surface area contributed by atoms with Gasteiger partial charge in [0.1, 0.15) is 36.6 Å². The van der Waals surface area contributed by atoms with Crippen LogP contribution in [0.15, 0.2) is 29.4 Å². The summed E-state index contributed by atoms with van der Waals surface area (Å²) >= 11 is 0. The van der Waals surface area contributed by atoms with Crippen molar-refractivity contribution in [2.75, 3.05) is 32.8 Å². The first-order valence-electron chi connectivity index (χ1n) is 10.4. The minimum absolute atomic E-state index is 0.00685. The zero-order valence-electron chi connectivity index (χ0n) is 17.1. The number of halogens is 1. The summed E-state index contributed by atoms with van der Waals surface area (Å²) in [7, 11) is 0. The van der Waals surface area contributed by atoms with Crippen molar-refractivity contribution in [2.45, 2.75) is 37.8 Å². The van der Waals surface area contributed by atoms with E-state index in [-0.39, 0.29) is 55.3 Å². The van der Waals surface area contributed by atoms with E-state index < -0.39 is 0 Å². The van der Waals surface area contributed by atoms with E-state index in [1.807, 2.05) is 4.90 Å². The largest absolute Gasteiger partial charge is 0.491 e. The number of carbonyl (C=O) groups is 3. The number of likely N-dealkylation sites (tertiary alicyclic amines) is 1. The predicted octanol–water partition coefficient (Wildman–Crippen LogP) is 0.689. The fraction of sp³-hybridized carbons (Fsp3) is 0.524. The number of rotatable bonds is 5. The van der Waals surface area contributed by atoms with E-state index in [1.54, 1.807) is 17.0 Å². The van der Waals surface area contributed by atoms with E-state index in [9.17, 15) is 18.8 Å². The third-order valence-corrected chi connectivity index (χ3v) is 5.76. The van der Waals surface area contributed by atoms with Crippen molar-refractivity contribution in [1.29, 1.82) is 0 Å². The third-order valence-electron chi connectivity index (χ3n) is 5.76. The average Bonchev–Trinajstić information content (AvgIpc) is 2.80. The summed E-state index contributed by atoms with van der Waals surface area (Å²) in [5.41, 5.74) is 2.73. The lowest BCUT2D eigenvalue weighted by atomic mass is 10.0. The van der Waals surface area contributed by atoms with Crippen LogP contribution in [-0.4, -0.2) is 78.2 Å². The maximum atomic E-state index is 13.0. The molecule has 10 heteroatoms. The molecule has 0 aromatic heterocycles. The van der Waals surface area contributed by atoms with Gasteiger partial charge in [0.25, 0.3) is 5.91 Å². The Bertz CT molecular complexity index is 867. The minimum atomic E-state index is -0.330. The Hall–Kier alpha value is -3.01. The van der Waals surface area contributed by atoms with Gasteiger partial charge in [-0.15, -0.1) is 0 Å². The van der Waals surface area contributed by atoms with Crippen LogP contribution < -0.4 is 10.2 Å². The molecule has 0 spiro atoms. The van der Waals surface area contributed by atoms with Crippen molar-refractivity contribution in [2.24, 2.45) is 5.10 Å². The molecule has 2 fully saturated rings. The summed E-state index contributed by atoms with van der Waals surface area (Å²) in [4.78, 5) is 39.8. The van der Waals surface area contributed by atoms with Gasteiger partial charge in [0.15, 0.2) is 0 Å².